The number of hydrogen-bond acceptors (Lipinski definition) is 4. The molecule has 2 amide bonds. The summed E-state index contributed by atoms with van der Waals surface area (Å²) in [6, 6.07) is 28.1. The first kappa shape index (κ1) is 31.7. The van der Waals surface area contributed by atoms with Crippen LogP contribution in [0, 0.1) is 5.82 Å². The van der Waals surface area contributed by atoms with Crippen LogP contribution in [0.4, 0.5) is 10.1 Å². The fraction of sp³-hybridized carbons (Fsp3) is 0.212. The summed E-state index contributed by atoms with van der Waals surface area (Å²) in [5, 5.41) is 2.98. The second-order valence-electron chi connectivity index (χ2n) is 9.89. The first-order valence-electron chi connectivity index (χ1n) is 13.9. The Labute approximate surface area is 257 Å². The van der Waals surface area contributed by atoms with Gasteiger partial charge in [0.2, 0.25) is 11.8 Å². The van der Waals surface area contributed by atoms with Gasteiger partial charge < -0.3 is 10.2 Å². The summed E-state index contributed by atoms with van der Waals surface area (Å²) >= 11 is 6.46. The van der Waals surface area contributed by atoms with E-state index in [9.17, 15) is 22.4 Å². The number of amides is 2. The van der Waals surface area contributed by atoms with Crippen LogP contribution in [0.2, 0.25) is 5.02 Å². The first-order chi connectivity index (χ1) is 20.7. The Morgan fingerprint density at radius 3 is 2.12 bits per heavy atom. The molecule has 0 saturated carbocycles. The summed E-state index contributed by atoms with van der Waals surface area (Å²) < 4.78 is 43.8. The molecule has 0 fully saturated rings. The predicted octanol–water partition coefficient (Wildman–Crippen LogP) is 5.84. The van der Waals surface area contributed by atoms with Gasteiger partial charge in [0.05, 0.1) is 15.6 Å². The van der Waals surface area contributed by atoms with Crippen LogP contribution in [0.25, 0.3) is 0 Å². The highest BCUT2D eigenvalue weighted by molar-refractivity contribution is 7.92. The van der Waals surface area contributed by atoms with Gasteiger partial charge in [-0.1, -0.05) is 97.4 Å². The van der Waals surface area contributed by atoms with Crippen LogP contribution in [-0.2, 0) is 32.6 Å². The molecule has 4 rings (SSSR count). The SMILES string of the molecule is CCCNC(=O)[C@@H](Cc1ccccc1)N(Cc1ccccc1F)C(=O)CN(c1ccccc1Cl)S(=O)(=O)c1ccccc1. The number of nitrogens with one attached hydrogen (secondary N) is 1. The second-order valence-corrected chi connectivity index (χ2v) is 12.2. The lowest BCUT2D eigenvalue weighted by Gasteiger charge is -2.34. The van der Waals surface area contributed by atoms with E-state index in [1.165, 1.54) is 47.4 Å². The van der Waals surface area contributed by atoms with Crippen molar-refractivity contribution in [3.8, 4) is 0 Å². The molecule has 10 heteroatoms. The lowest BCUT2D eigenvalue weighted by atomic mass is 10.0. The maximum Gasteiger partial charge on any atom is 0.264 e. The van der Waals surface area contributed by atoms with Gasteiger partial charge in [0, 0.05) is 25.1 Å². The van der Waals surface area contributed by atoms with Gasteiger partial charge in [0.1, 0.15) is 18.4 Å². The number of sulfonamides is 1. The summed E-state index contributed by atoms with van der Waals surface area (Å²) in [6.07, 6.45) is 0.800. The average molecular weight is 622 g/mol. The van der Waals surface area contributed by atoms with Crippen molar-refractivity contribution in [1.82, 2.24) is 10.2 Å². The van der Waals surface area contributed by atoms with Gasteiger partial charge in [-0.25, -0.2) is 12.8 Å². The van der Waals surface area contributed by atoms with Crippen LogP contribution in [-0.4, -0.2) is 44.3 Å². The number of anilines is 1. The van der Waals surface area contributed by atoms with E-state index in [1.54, 1.807) is 36.4 Å². The average Bonchev–Trinajstić information content (AvgIpc) is 3.02. The van der Waals surface area contributed by atoms with Gasteiger partial charge in [-0.2, -0.15) is 0 Å². The highest BCUT2D eigenvalue weighted by Crippen LogP contribution is 2.31. The third kappa shape index (κ3) is 8.00. The Bertz CT molecular complexity index is 1640. The molecule has 7 nitrogen and oxygen atoms in total. The smallest absolute Gasteiger partial charge is 0.264 e. The highest BCUT2D eigenvalue weighted by Gasteiger charge is 2.35. The van der Waals surface area contributed by atoms with E-state index in [0.717, 1.165) is 9.87 Å². The summed E-state index contributed by atoms with van der Waals surface area (Å²) in [5.74, 6) is -1.67. The number of carbonyl (C=O) groups is 2. The number of carbonyl (C=O) groups excluding carboxylic acids is 2. The molecular formula is C33H33ClFN3O4S. The molecule has 224 valence electrons. The van der Waals surface area contributed by atoms with Crippen LogP contribution in [0.1, 0.15) is 24.5 Å². The van der Waals surface area contributed by atoms with Crippen LogP contribution in [0.15, 0.2) is 114 Å². The molecule has 43 heavy (non-hydrogen) atoms. The van der Waals surface area contributed by atoms with Crippen LogP contribution in [0.3, 0.4) is 0 Å². The number of para-hydroxylation sites is 1. The number of benzene rings is 4. The van der Waals surface area contributed by atoms with E-state index < -0.39 is 40.2 Å². The lowest BCUT2D eigenvalue weighted by molar-refractivity contribution is -0.140. The molecule has 0 radical (unpaired) electrons. The van der Waals surface area contributed by atoms with E-state index in [2.05, 4.69) is 5.32 Å². The fourth-order valence-electron chi connectivity index (χ4n) is 4.62. The molecule has 0 spiro atoms. The maximum atomic E-state index is 14.9. The standard InChI is InChI=1S/C33H33ClFN3O4S/c1-2-21-36-33(40)31(22-25-13-5-3-6-14-25)37(23-26-15-9-11-19-29(26)35)32(39)24-38(30-20-12-10-18-28(30)34)43(41,42)27-16-7-4-8-17-27/h3-20,31H,2,21-24H2,1H3,(H,36,40)/t31-/m1/s1. The largest absolute Gasteiger partial charge is 0.354 e. The number of halogens is 2. The topological polar surface area (TPSA) is 86.8 Å². The highest BCUT2D eigenvalue weighted by atomic mass is 35.5. The van der Waals surface area contributed by atoms with Crippen molar-refractivity contribution in [3.05, 3.63) is 131 Å². The van der Waals surface area contributed by atoms with E-state index >= 15 is 0 Å². The van der Waals surface area contributed by atoms with Crippen molar-refractivity contribution in [2.75, 3.05) is 17.4 Å². The Balaban J connectivity index is 1.81. The quantitative estimate of drug-likeness (QED) is 0.203. The van der Waals surface area contributed by atoms with Crippen molar-refractivity contribution in [2.24, 2.45) is 0 Å². The molecule has 4 aromatic carbocycles. The molecule has 0 aliphatic heterocycles. The summed E-state index contributed by atoms with van der Waals surface area (Å²) in [4.78, 5) is 29.1. The van der Waals surface area contributed by atoms with Gasteiger partial charge in [0.15, 0.2) is 0 Å². The zero-order valence-corrected chi connectivity index (χ0v) is 25.3. The summed E-state index contributed by atoms with van der Waals surface area (Å²) in [7, 11) is -4.28. The first-order valence-corrected chi connectivity index (χ1v) is 15.7. The Morgan fingerprint density at radius 1 is 0.860 bits per heavy atom. The Hall–Kier alpha value is -4.21. The van der Waals surface area contributed by atoms with Gasteiger partial charge in [-0.3, -0.25) is 13.9 Å². The lowest BCUT2D eigenvalue weighted by Crippen LogP contribution is -2.53. The van der Waals surface area contributed by atoms with E-state index in [0.29, 0.717) is 13.0 Å². The minimum Gasteiger partial charge on any atom is -0.354 e. The van der Waals surface area contributed by atoms with Crippen molar-refractivity contribution in [1.29, 1.82) is 0 Å². The fourth-order valence-corrected chi connectivity index (χ4v) is 6.36. The Kier molecular flexibility index (Phi) is 10.9. The molecule has 0 aliphatic rings. The van der Waals surface area contributed by atoms with Crippen molar-refractivity contribution >= 4 is 39.1 Å². The normalized spacial score (nSPS) is 11.9. The second kappa shape index (κ2) is 14.8. The number of hydrogen-bond donors (Lipinski definition) is 1. The minimum atomic E-state index is -4.28. The molecule has 1 N–H and O–H groups in total. The molecule has 0 bridgehead atoms. The zero-order valence-electron chi connectivity index (χ0n) is 23.7. The van der Waals surface area contributed by atoms with Crippen molar-refractivity contribution in [2.45, 2.75) is 37.2 Å². The van der Waals surface area contributed by atoms with E-state index in [4.69, 9.17) is 11.6 Å². The molecule has 0 heterocycles. The molecule has 0 unspecified atom stereocenters. The third-order valence-electron chi connectivity index (χ3n) is 6.85. The monoisotopic (exact) mass is 621 g/mol. The Morgan fingerprint density at radius 2 is 1.47 bits per heavy atom. The predicted molar refractivity (Wildman–Crippen MR) is 167 cm³/mol. The summed E-state index contributed by atoms with van der Waals surface area (Å²) in [6.45, 7) is 1.34. The third-order valence-corrected chi connectivity index (χ3v) is 8.94. The summed E-state index contributed by atoms with van der Waals surface area (Å²) in [5.41, 5.74) is 1.07. The van der Waals surface area contributed by atoms with Crippen LogP contribution in [0.5, 0.6) is 0 Å². The molecule has 0 aromatic heterocycles. The van der Waals surface area contributed by atoms with Crippen LogP contribution >= 0.6 is 11.6 Å². The van der Waals surface area contributed by atoms with Gasteiger partial charge in [-0.15, -0.1) is 0 Å². The van der Waals surface area contributed by atoms with E-state index in [-0.39, 0.29) is 34.1 Å². The van der Waals surface area contributed by atoms with Crippen LogP contribution < -0.4 is 9.62 Å². The minimum absolute atomic E-state index is 0.0371. The van der Waals surface area contributed by atoms with Crippen molar-refractivity contribution < 1.29 is 22.4 Å². The number of rotatable bonds is 13. The molecule has 1 atom stereocenters. The molecule has 0 saturated heterocycles. The van der Waals surface area contributed by atoms with Gasteiger partial charge in [-0.05, 0) is 42.3 Å². The van der Waals surface area contributed by atoms with Gasteiger partial charge >= 0.3 is 0 Å². The molecule has 0 aliphatic carbocycles. The van der Waals surface area contributed by atoms with E-state index in [1.807, 2.05) is 37.3 Å². The zero-order chi connectivity index (χ0) is 30.8. The van der Waals surface area contributed by atoms with Gasteiger partial charge in [0.25, 0.3) is 10.0 Å². The number of nitrogens with zero attached hydrogens (tertiary/aromatic N) is 2. The maximum absolute atomic E-state index is 14.9. The van der Waals surface area contributed by atoms with Crippen molar-refractivity contribution in [3.63, 3.8) is 0 Å². The molecule has 4 aromatic rings. The molecular weight excluding hydrogens is 589 g/mol.